The van der Waals surface area contributed by atoms with Crippen LogP contribution in [-0.4, -0.2) is 18.3 Å². The van der Waals surface area contributed by atoms with Gasteiger partial charge in [-0.15, -0.1) is 0 Å². The molecule has 1 aromatic carbocycles. The number of nitrogens with one attached hydrogen (secondary N) is 1. The number of nitro benzene ring substituents is 1. The lowest BCUT2D eigenvalue weighted by atomic mass is 10.3. The van der Waals surface area contributed by atoms with Crippen LogP contribution in [0.1, 0.15) is 5.69 Å². The molecule has 0 saturated heterocycles. The van der Waals surface area contributed by atoms with Crippen LogP contribution in [0.4, 0.5) is 17.1 Å². The molecule has 0 aliphatic carbocycles. The van der Waals surface area contributed by atoms with Gasteiger partial charge in [-0.05, 0) is 25.1 Å². The van der Waals surface area contributed by atoms with Gasteiger partial charge >= 0.3 is 0 Å². The summed E-state index contributed by atoms with van der Waals surface area (Å²) in [7, 11) is -3.94. The lowest BCUT2D eigenvalue weighted by Gasteiger charge is -2.09. The quantitative estimate of drug-likeness (QED) is 0.502. The summed E-state index contributed by atoms with van der Waals surface area (Å²) < 4.78 is 26.7. The first-order valence-corrected chi connectivity index (χ1v) is 7.27. The Labute approximate surface area is 120 Å². The molecule has 1 heterocycles. The highest BCUT2D eigenvalue weighted by Gasteiger charge is 2.20. The summed E-state index contributed by atoms with van der Waals surface area (Å²) in [6.07, 6.45) is 1.37. The van der Waals surface area contributed by atoms with Crippen molar-refractivity contribution >= 4 is 27.1 Å². The lowest BCUT2D eigenvalue weighted by molar-refractivity contribution is -0.384. The molecular formula is C12H12N4O4S. The molecule has 3 N–H and O–H groups in total. The van der Waals surface area contributed by atoms with Gasteiger partial charge in [-0.2, -0.15) is 0 Å². The molecule has 110 valence electrons. The Bertz CT molecular complexity index is 787. The first kappa shape index (κ1) is 14.7. The summed E-state index contributed by atoms with van der Waals surface area (Å²) in [6, 6.07) is 6.39. The number of nitrogens with zero attached hydrogens (tertiary/aromatic N) is 2. The number of aromatic nitrogens is 1. The SMILES string of the molecule is Cc1ccc(NS(=O)(=O)c2ccc([N+](=O)[O-])cc2N)cn1. The van der Waals surface area contributed by atoms with E-state index in [2.05, 4.69) is 9.71 Å². The van der Waals surface area contributed by atoms with Crippen LogP contribution >= 0.6 is 0 Å². The van der Waals surface area contributed by atoms with Crippen molar-refractivity contribution in [3.63, 3.8) is 0 Å². The molecule has 0 atom stereocenters. The highest BCUT2D eigenvalue weighted by Crippen LogP contribution is 2.25. The fraction of sp³-hybridized carbons (Fsp3) is 0.0833. The molecule has 0 unspecified atom stereocenters. The minimum absolute atomic E-state index is 0.197. The number of sulfonamides is 1. The zero-order chi connectivity index (χ0) is 15.6. The van der Waals surface area contributed by atoms with Crippen LogP contribution in [-0.2, 0) is 10.0 Å². The fourth-order valence-corrected chi connectivity index (χ4v) is 2.79. The van der Waals surface area contributed by atoms with Gasteiger partial charge in [0.05, 0.1) is 22.5 Å². The zero-order valence-corrected chi connectivity index (χ0v) is 11.8. The van der Waals surface area contributed by atoms with Crippen molar-refractivity contribution in [2.75, 3.05) is 10.5 Å². The minimum atomic E-state index is -3.94. The fourth-order valence-electron chi connectivity index (χ4n) is 1.63. The lowest BCUT2D eigenvalue weighted by Crippen LogP contribution is -2.15. The van der Waals surface area contributed by atoms with Crippen molar-refractivity contribution in [1.82, 2.24) is 4.98 Å². The van der Waals surface area contributed by atoms with Gasteiger partial charge < -0.3 is 5.73 Å². The van der Waals surface area contributed by atoms with Crippen LogP contribution in [0.25, 0.3) is 0 Å². The van der Waals surface area contributed by atoms with Gasteiger partial charge in [0.15, 0.2) is 0 Å². The standard InChI is InChI=1S/C12H12N4O4S/c1-8-2-3-9(7-14-8)15-21(19,20)12-5-4-10(16(17)18)6-11(12)13/h2-7,15H,13H2,1H3. The van der Waals surface area contributed by atoms with Gasteiger partial charge in [0.25, 0.3) is 15.7 Å². The summed E-state index contributed by atoms with van der Waals surface area (Å²) in [5, 5.41) is 10.6. The average Bonchev–Trinajstić information content (AvgIpc) is 2.40. The predicted molar refractivity (Wildman–Crippen MR) is 77.3 cm³/mol. The van der Waals surface area contributed by atoms with Crippen molar-refractivity contribution in [1.29, 1.82) is 0 Å². The maximum absolute atomic E-state index is 12.2. The largest absolute Gasteiger partial charge is 0.397 e. The van der Waals surface area contributed by atoms with E-state index in [1.807, 2.05) is 0 Å². The highest BCUT2D eigenvalue weighted by atomic mass is 32.2. The zero-order valence-electron chi connectivity index (χ0n) is 11.0. The number of non-ortho nitro benzene ring substituents is 1. The maximum atomic E-state index is 12.2. The monoisotopic (exact) mass is 308 g/mol. The van der Waals surface area contributed by atoms with Crippen LogP contribution in [0, 0.1) is 17.0 Å². The molecule has 0 amide bonds. The number of hydrogen-bond acceptors (Lipinski definition) is 6. The molecule has 0 bridgehead atoms. The third-order valence-corrected chi connectivity index (χ3v) is 4.11. The smallest absolute Gasteiger partial charge is 0.271 e. The van der Waals surface area contributed by atoms with Crippen molar-refractivity contribution in [2.24, 2.45) is 0 Å². The summed E-state index contributed by atoms with van der Waals surface area (Å²) in [5.41, 5.74) is 6.13. The third kappa shape index (κ3) is 3.26. The van der Waals surface area contributed by atoms with Gasteiger partial charge in [0.1, 0.15) is 4.90 Å². The Morgan fingerprint density at radius 2 is 2.00 bits per heavy atom. The molecule has 0 aliphatic rings. The van der Waals surface area contributed by atoms with E-state index in [-0.39, 0.29) is 22.0 Å². The van der Waals surface area contributed by atoms with E-state index < -0.39 is 14.9 Å². The number of aryl methyl sites for hydroxylation is 1. The van der Waals surface area contributed by atoms with Crippen LogP contribution in [0.2, 0.25) is 0 Å². The van der Waals surface area contributed by atoms with Crippen LogP contribution in [0.3, 0.4) is 0 Å². The number of rotatable bonds is 4. The van der Waals surface area contributed by atoms with Gasteiger partial charge in [-0.1, -0.05) is 0 Å². The highest BCUT2D eigenvalue weighted by molar-refractivity contribution is 7.92. The van der Waals surface area contributed by atoms with Gasteiger partial charge in [-0.3, -0.25) is 19.8 Å². The van der Waals surface area contributed by atoms with Gasteiger partial charge in [-0.25, -0.2) is 8.42 Å². The topological polar surface area (TPSA) is 128 Å². The molecule has 2 rings (SSSR count). The van der Waals surface area contributed by atoms with E-state index in [1.54, 1.807) is 19.1 Å². The predicted octanol–water partition coefficient (Wildman–Crippen LogP) is 1.68. The second-order valence-electron chi connectivity index (χ2n) is 4.27. The Morgan fingerprint density at radius 3 is 2.52 bits per heavy atom. The molecule has 1 aromatic heterocycles. The van der Waals surface area contributed by atoms with Crippen molar-refractivity contribution in [2.45, 2.75) is 11.8 Å². The molecule has 0 radical (unpaired) electrons. The second-order valence-corrected chi connectivity index (χ2v) is 5.92. The van der Waals surface area contributed by atoms with Gasteiger partial charge in [0, 0.05) is 17.8 Å². The number of pyridine rings is 1. The van der Waals surface area contributed by atoms with Crippen LogP contribution in [0.15, 0.2) is 41.4 Å². The second kappa shape index (κ2) is 5.37. The van der Waals surface area contributed by atoms with Crippen molar-refractivity contribution in [3.8, 4) is 0 Å². The first-order valence-electron chi connectivity index (χ1n) is 5.79. The number of hydrogen-bond donors (Lipinski definition) is 2. The Balaban J connectivity index is 2.35. The molecule has 2 aromatic rings. The molecule has 8 nitrogen and oxygen atoms in total. The van der Waals surface area contributed by atoms with E-state index in [4.69, 9.17) is 5.73 Å². The number of benzene rings is 1. The van der Waals surface area contributed by atoms with E-state index in [9.17, 15) is 18.5 Å². The molecular weight excluding hydrogens is 296 g/mol. The summed E-state index contributed by atoms with van der Waals surface area (Å²) in [6.45, 7) is 1.77. The van der Waals surface area contributed by atoms with E-state index >= 15 is 0 Å². The molecule has 21 heavy (non-hydrogen) atoms. The Kier molecular flexibility index (Phi) is 3.76. The summed E-state index contributed by atoms with van der Waals surface area (Å²) in [5.74, 6) is 0. The summed E-state index contributed by atoms with van der Waals surface area (Å²) in [4.78, 5) is 13.7. The van der Waals surface area contributed by atoms with Crippen LogP contribution < -0.4 is 10.5 Å². The first-order chi connectivity index (χ1) is 9.79. The number of nitrogens with two attached hydrogens (primary N) is 1. The van der Waals surface area contributed by atoms with E-state index in [1.165, 1.54) is 6.20 Å². The van der Waals surface area contributed by atoms with Gasteiger partial charge in [0.2, 0.25) is 0 Å². The van der Waals surface area contributed by atoms with E-state index in [0.717, 1.165) is 23.9 Å². The molecule has 0 spiro atoms. The number of anilines is 2. The number of nitrogen functional groups attached to an aromatic ring is 1. The molecule has 9 heteroatoms. The van der Waals surface area contributed by atoms with E-state index in [0.29, 0.717) is 0 Å². The molecule has 0 fully saturated rings. The van der Waals surface area contributed by atoms with Crippen molar-refractivity contribution in [3.05, 3.63) is 52.3 Å². The van der Waals surface area contributed by atoms with Crippen molar-refractivity contribution < 1.29 is 13.3 Å². The molecule has 0 aliphatic heterocycles. The number of nitro groups is 1. The maximum Gasteiger partial charge on any atom is 0.271 e. The average molecular weight is 308 g/mol. The minimum Gasteiger partial charge on any atom is -0.397 e. The summed E-state index contributed by atoms with van der Waals surface area (Å²) >= 11 is 0. The Hall–Kier alpha value is -2.68. The molecule has 0 saturated carbocycles. The van der Waals surface area contributed by atoms with Crippen LogP contribution in [0.5, 0.6) is 0 Å². The third-order valence-electron chi connectivity index (χ3n) is 2.66. The Morgan fingerprint density at radius 1 is 1.29 bits per heavy atom. The normalized spacial score (nSPS) is 11.1.